The Balaban J connectivity index is 1.89. The second-order valence-electron chi connectivity index (χ2n) is 8.03. The standard InChI is InChI=1S/C26H33N5O4/c1-7-12-31-16-20(18(3)30-31)15-27-26(28-21-10-8-17(2)9-11-21)29-25(32)19-13-22(33-4)24(35-6)23(14-19)34-5/h8-11,13-14,16H,7,12,15H2,1-6H3,(H2,27,28,29,32). The quantitative estimate of drug-likeness (QED) is 0.350. The largest absolute Gasteiger partial charge is 0.493 e. The van der Waals surface area contributed by atoms with E-state index in [4.69, 9.17) is 14.2 Å². The van der Waals surface area contributed by atoms with Gasteiger partial charge in [-0.25, -0.2) is 4.99 Å². The fraction of sp³-hybridized carbons (Fsp3) is 0.346. The molecular weight excluding hydrogens is 446 g/mol. The number of benzene rings is 2. The highest BCUT2D eigenvalue weighted by atomic mass is 16.5. The molecule has 3 aromatic rings. The van der Waals surface area contributed by atoms with Crippen molar-refractivity contribution < 1.29 is 19.0 Å². The Kier molecular flexibility index (Phi) is 8.72. The molecule has 3 rings (SSSR count). The molecule has 1 heterocycles. The number of aliphatic imine (C=N–C) groups is 1. The first-order chi connectivity index (χ1) is 16.9. The Bertz CT molecular complexity index is 1160. The monoisotopic (exact) mass is 479 g/mol. The SMILES string of the molecule is CCCn1cc(CN=C(NC(=O)c2cc(OC)c(OC)c(OC)c2)Nc2ccc(C)cc2)c(C)n1. The predicted octanol–water partition coefficient (Wildman–Crippen LogP) is 4.33. The summed E-state index contributed by atoms with van der Waals surface area (Å²) in [4.78, 5) is 17.9. The summed E-state index contributed by atoms with van der Waals surface area (Å²) in [6, 6.07) is 11.0. The van der Waals surface area contributed by atoms with E-state index in [1.54, 1.807) is 12.1 Å². The van der Waals surface area contributed by atoms with E-state index in [2.05, 4.69) is 27.6 Å². The number of hydrogen-bond acceptors (Lipinski definition) is 6. The summed E-state index contributed by atoms with van der Waals surface area (Å²) < 4.78 is 18.0. The molecule has 0 bridgehead atoms. The Labute approximate surface area is 206 Å². The number of ether oxygens (including phenoxy) is 3. The number of carbonyl (C=O) groups excluding carboxylic acids is 1. The normalized spacial score (nSPS) is 11.2. The van der Waals surface area contributed by atoms with Gasteiger partial charge in [0.2, 0.25) is 11.7 Å². The number of carbonyl (C=O) groups is 1. The van der Waals surface area contributed by atoms with Crippen molar-refractivity contribution in [2.45, 2.75) is 40.3 Å². The Hall–Kier alpha value is -4.01. The minimum Gasteiger partial charge on any atom is -0.493 e. The zero-order valence-electron chi connectivity index (χ0n) is 21.1. The Morgan fingerprint density at radius 2 is 1.69 bits per heavy atom. The van der Waals surface area contributed by atoms with Crippen molar-refractivity contribution in [1.82, 2.24) is 15.1 Å². The number of hydrogen-bond donors (Lipinski definition) is 2. The molecule has 2 aromatic carbocycles. The van der Waals surface area contributed by atoms with Crippen molar-refractivity contribution in [2.24, 2.45) is 4.99 Å². The third-order valence-corrected chi connectivity index (χ3v) is 5.38. The van der Waals surface area contributed by atoms with Crippen molar-refractivity contribution in [3.05, 3.63) is 65.0 Å². The highest BCUT2D eigenvalue weighted by Gasteiger charge is 2.18. The minimum atomic E-state index is -0.374. The first-order valence-electron chi connectivity index (χ1n) is 11.4. The summed E-state index contributed by atoms with van der Waals surface area (Å²) in [7, 11) is 4.53. The third-order valence-electron chi connectivity index (χ3n) is 5.38. The first kappa shape index (κ1) is 25.6. The van der Waals surface area contributed by atoms with Gasteiger partial charge in [-0.15, -0.1) is 0 Å². The van der Waals surface area contributed by atoms with E-state index >= 15 is 0 Å². The van der Waals surface area contributed by atoms with Gasteiger partial charge in [-0.05, 0) is 44.5 Å². The van der Waals surface area contributed by atoms with E-state index in [9.17, 15) is 4.79 Å². The van der Waals surface area contributed by atoms with Crippen LogP contribution in [0, 0.1) is 13.8 Å². The van der Waals surface area contributed by atoms with Crippen LogP contribution in [-0.2, 0) is 13.1 Å². The van der Waals surface area contributed by atoms with Crippen molar-refractivity contribution in [2.75, 3.05) is 26.6 Å². The zero-order chi connectivity index (χ0) is 25.4. The summed E-state index contributed by atoms with van der Waals surface area (Å²) in [6.45, 7) is 7.29. The van der Waals surface area contributed by atoms with Crippen LogP contribution >= 0.6 is 0 Å². The average Bonchev–Trinajstić information content (AvgIpc) is 3.21. The van der Waals surface area contributed by atoms with Gasteiger partial charge in [0.1, 0.15) is 0 Å². The van der Waals surface area contributed by atoms with Crippen LogP contribution in [0.3, 0.4) is 0 Å². The smallest absolute Gasteiger partial charge is 0.258 e. The van der Waals surface area contributed by atoms with E-state index in [0.29, 0.717) is 35.3 Å². The van der Waals surface area contributed by atoms with Gasteiger partial charge >= 0.3 is 0 Å². The molecule has 35 heavy (non-hydrogen) atoms. The molecule has 0 saturated heterocycles. The number of rotatable bonds is 9. The molecular formula is C26H33N5O4. The van der Waals surface area contributed by atoms with E-state index in [-0.39, 0.29) is 5.91 Å². The van der Waals surface area contributed by atoms with Crippen molar-refractivity contribution in [3.8, 4) is 17.2 Å². The molecule has 0 aliphatic rings. The number of amides is 1. The molecule has 0 aliphatic carbocycles. The van der Waals surface area contributed by atoms with Crippen LogP contribution in [-0.4, -0.2) is 43.0 Å². The number of methoxy groups -OCH3 is 3. The van der Waals surface area contributed by atoms with Gasteiger partial charge in [0, 0.05) is 29.6 Å². The Morgan fingerprint density at radius 1 is 1.03 bits per heavy atom. The summed E-state index contributed by atoms with van der Waals surface area (Å²) in [6.07, 6.45) is 2.99. The predicted molar refractivity (Wildman–Crippen MR) is 137 cm³/mol. The Morgan fingerprint density at radius 3 is 2.26 bits per heavy atom. The number of aromatic nitrogens is 2. The molecule has 0 saturated carbocycles. The van der Waals surface area contributed by atoms with Gasteiger partial charge in [-0.1, -0.05) is 24.6 Å². The molecule has 0 aliphatic heterocycles. The van der Waals surface area contributed by atoms with Crippen LogP contribution in [0.2, 0.25) is 0 Å². The number of nitrogens with one attached hydrogen (secondary N) is 2. The lowest BCUT2D eigenvalue weighted by molar-refractivity contribution is 0.0976. The van der Waals surface area contributed by atoms with Gasteiger partial charge < -0.3 is 19.5 Å². The molecule has 1 aromatic heterocycles. The lowest BCUT2D eigenvalue weighted by Crippen LogP contribution is -2.36. The molecule has 186 valence electrons. The van der Waals surface area contributed by atoms with Crippen LogP contribution in [0.1, 0.15) is 40.5 Å². The van der Waals surface area contributed by atoms with Crippen molar-refractivity contribution in [3.63, 3.8) is 0 Å². The van der Waals surface area contributed by atoms with Gasteiger partial charge in [0.25, 0.3) is 5.91 Å². The van der Waals surface area contributed by atoms with Gasteiger partial charge in [-0.2, -0.15) is 5.10 Å². The molecule has 9 nitrogen and oxygen atoms in total. The number of guanidine groups is 1. The van der Waals surface area contributed by atoms with Crippen LogP contribution < -0.4 is 24.8 Å². The topological polar surface area (TPSA) is 99.0 Å². The summed E-state index contributed by atoms with van der Waals surface area (Å²) in [5, 5.41) is 10.6. The van der Waals surface area contributed by atoms with E-state index in [1.165, 1.54) is 21.3 Å². The molecule has 1 amide bonds. The third kappa shape index (κ3) is 6.53. The van der Waals surface area contributed by atoms with E-state index in [0.717, 1.165) is 35.5 Å². The summed E-state index contributed by atoms with van der Waals surface area (Å²) >= 11 is 0. The number of aryl methyl sites for hydroxylation is 3. The maximum Gasteiger partial charge on any atom is 0.258 e. The van der Waals surface area contributed by atoms with Crippen LogP contribution in [0.4, 0.5) is 5.69 Å². The lowest BCUT2D eigenvalue weighted by atomic mass is 10.1. The zero-order valence-corrected chi connectivity index (χ0v) is 21.1. The fourth-order valence-corrected chi connectivity index (χ4v) is 3.50. The van der Waals surface area contributed by atoms with Crippen LogP contribution in [0.15, 0.2) is 47.6 Å². The summed E-state index contributed by atoms with van der Waals surface area (Å²) in [5.41, 5.74) is 4.17. The second kappa shape index (κ2) is 11.9. The van der Waals surface area contributed by atoms with E-state index in [1.807, 2.05) is 49.0 Å². The maximum absolute atomic E-state index is 13.2. The number of anilines is 1. The average molecular weight is 480 g/mol. The lowest BCUT2D eigenvalue weighted by Gasteiger charge is -2.15. The maximum atomic E-state index is 13.2. The van der Waals surface area contributed by atoms with Gasteiger partial charge in [0.05, 0.1) is 33.6 Å². The second-order valence-corrected chi connectivity index (χ2v) is 8.03. The van der Waals surface area contributed by atoms with Gasteiger partial charge in [0.15, 0.2) is 11.5 Å². The highest BCUT2D eigenvalue weighted by Crippen LogP contribution is 2.38. The minimum absolute atomic E-state index is 0.315. The molecule has 0 radical (unpaired) electrons. The number of nitrogens with zero attached hydrogens (tertiary/aromatic N) is 3. The summed E-state index contributed by atoms with van der Waals surface area (Å²) in [5.74, 6) is 1.14. The van der Waals surface area contributed by atoms with Crippen LogP contribution in [0.5, 0.6) is 17.2 Å². The molecule has 2 N–H and O–H groups in total. The van der Waals surface area contributed by atoms with Gasteiger partial charge in [-0.3, -0.25) is 14.8 Å². The van der Waals surface area contributed by atoms with Crippen LogP contribution in [0.25, 0.3) is 0 Å². The van der Waals surface area contributed by atoms with Crippen molar-refractivity contribution in [1.29, 1.82) is 0 Å². The molecule has 0 unspecified atom stereocenters. The van der Waals surface area contributed by atoms with E-state index < -0.39 is 0 Å². The first-order valence-corrected chi connectivity index (χ1v) is 11.4. The van der Waals surface area contributed by atoms with Crippen molar-refractivity contribution >= 4 is 17.6 Å². The molecule has 9 heteroatoms. The molecule has 0 spiro atoms. The highest BCUT2D eigenvalue weighted by molar-refractivity contribution is 6.10. The fourth-order valence-electron chi connectivity index (χ4n) is 3.50. The molecule has 0 atom stereocenters. The molecule has 0 fully saturated rings.